The maximum atomic E-state index is 5.74. The minimum atomic E-state index is 0.431. The molecule has 3 aromatic rings. The van der Waals surface area contributed by atoms with E-state index in [1.54, 1.807) is 35.5 Å². The molecule has 3 heterocycles. The van der Waals surface area contributed by atoms with Crippen LogP contribution in [0.25, 0.3) is 16.6 Å². The van der Waals surface area contributed by atoms with Gasteiger partial charge in [-0.1, -0.05) is 6.07 Å². The molecule has 3 rings (SSSR count). The highest BCUT2D eigenvalue weighted by Crippen LogP contribution is 2.23. The summed E-state index contributed by atoms with van der Waals surface area (Å²) in [5, 5.41) is 0. The highest BCUT2D eigenvalue weighted by molar-refractivity contribution is 5.79. The van der Waals surface area contributed by atoms with Crippen molar-refractivity contribution >= 4 is 11.5 Å². The zero-order valence-electron chi connectivity index (χ0n) is 8.41. The van der Waals surface area contributed by atoms with Gasteiger partial charge in [0, 0.05) is 29.7 Å². The Morgan fingerprint density at radius 1 is 1.12 bits per heavy atom. The fourth-order valence-electron chi connectivity index (χ4n) is 1.68. The topological polar surface area (TPSA) is 69.1 Å². The molecule has 0 amide bonds. The fraction of sp³-hybridized carbons (Fsp3) is 0. The predicted octanol–water partition coefficient (Wildman–Crippen LogP) is 1.37. The lowest BCUT2D eigenvalue weighted by Crippen LogP contribution is -1.99. The first-order valence-electron chi connectivity index (χ1n) is 4.83. The minimum Gasteiger partial charge on any atom is -0.369 e. The lowest BCUT2D eigenvalue weighted by molar-refractivity contribution is 1.09. The monoisotopic (exact) mass is 211 g/mol. The van der Waals surface area contributed by atoms with Gasteiger partial charge in [0.1, 0.15) is 6.33 Å². The van der Waals surface area contributed by atoms with Crippen molar-refractivity contribution in [3.63, 3.8) is 0 Å². The van der Waals surface area contributed by atoms with Crippen molar-refractivity contribution in [2.45, 2.75) is 0 Å². The van der Waals surface area contributed by atoms with Crippen molar-refractivity contribution < 1.29 is 0 Å². The second kappa shape index (κ2) is 3.30. The third-order valence-corrected chi connectivity index (χ3v) is 2.46. The molecule has 0 aliphatic heterocycles. The van der Waals surface area contributed by atoms with Gasteiger partial charge in [-0.2, -0.15) is 0 Å². The van der Waals surface area contributed by atoms with Gasteiger partial charge in [0.05, 0.1) is 11.7 Å². The number of pyridine rings is 1. The summed E-state index contributed by atoms with van der Waals surface area (Å²) in [5.74, 6) is 0.431. The van der Waals surface area contributed by atoms with Crippen molar-refractivity contribution in [1.82, 2.24) is 19.4 Å². The Kier molecular flexibility index (Phi) is 1.83. The number of fused-ring (bicyclic) bond motifs is 1. The zero-order valence-corrected chi connectivity index (χ0v) is 8.41. The summed E-state index contributed by atoms with van der Waals surface area (Å²) >= 11 is 0. The number of nitrogens with zero attached hydrogens (tertiary/aromatic N) is 4. The molecule has 2 N–H and O–H groups in total. The average molecular weight is 211 g/mol. The summed E-state index contributed by atoms with van der Waals surface area (Å²) in [7, 11) is 0. The first kappa shape index (κ1) is 8.84. The Labute approximate surface area is 91.6 Å². The lowest BCUT2D eigenvalue weighted by atomic mass is 10.1. The van der Waals surface area contributed by atoms with Crippen molar-refractivity contribution in [2.24, 2.45) is 0 Å². The van der Waals surface area contributed by atoms with Crippen LogP contribution in [0.1, 0.15) is 0 Å². The molecule has 3 aromatic heterocycles. The number of anilines is 1. The van der Waals surface area contributed by atoms with Gasteiger partial charge in [-0.3, -0.25) is 9.38 Å². The van der Waals surface area contributed by atoms with Gasteiger partial charge in [0.15, 0.2) is 0 Å². The molecule has 5 heteroatoms. The number of aromatic nitrogens is 4. The molecular formula is C11H9N5. The zero-order chi connectivity index (χ0) is 11.0. The number of nitrogens with two attached hydrogens (primary N) is 1. The molecule has 0 aliphatic carbocycles. The standard InChI is InChI=1S/C11H9N5/c12-11-15-5-9(8-2-1-3-13-4-8)10-6-14-7-16(10)11/h1-7H,(H2,12,15). The second-order valence-corrected chi connectivity index (χ2v) is 3.42. The number of imidazole rings is 1. The van der Waals surface area contributed by atoms with Gasteiger partial charge < -0.3 is 5.73 Å². The maximum absolute atomic E-state index is 5.74. The van der Waals surface area contributed by atoms with E-state index in [0.29, 0.717) is 5.95 Å². The van der Waals surface area contributed by atoms with Crippen molar-refractivity contribution in [3.05, 3.63) is 43.2 Å². The van der Waals surface area contributed by atoms with Crippen LogP contribution in [-0.2, 0) is 0 Å². The van der Waals surface area contributed by atoms with Gasteiger partial charge in [0.2, 0.25) is 5.95 Å². The van der Waals surface area contributed by atoms with E-state index < -0.39 is 0 Å². The highest BCUT2D eigenvalue weighted by atomic mass is 15.1. The molecule has 0 aromatic carbocycles. The Morgan fingerprint density at radius 2 is 2.06 bits per heavy atom. The van der Waals surface area contributed by atoms with Gasteiger partial charge in [-0.25, -0.2) is 9.97 Å². The van der Waals surface area contributed by atoms with Crippen LogP contribution in [0.15, 0.2) is 43.2 Å². The van der Waals surface area contributed by atoms with Gasteiger partial charge in [-0.05, 0) is 6.07 Å². The fourth-order valence-corrected chi connectivity index (χ4v) is 1.68. The molecule has 5 nitrogen and oxygen atoms in total. The van der Waals surface area contributed by atoms with E-state index in [-0.39, 0.29) is 0 Å². The molecule has 78 valence electrons. The average Bonchev–Trinajstić information content (AvgIpc) is 2.81. The van der Waals surface area contributed by atoms with Gasteiger partial charge in [0.25, 0.3) is 0 Å². The first-order valence-corrected chi connectivity index (χ1v) is 4.83. The summed E-state index contributed by atoms with van der Waals surface area (Å²) in [6.07, 6.45) is 8.68. The smallest absolute Gasteiger partial charge is 0.206 e. The Bertz CT molecular complexity index is 629. The first-order chi connectivity index (χ1) is 7.86. The summed E-state index contributed by atoms with van der Waals surface area (Å²) < 4.78 is 1.75. The molecule has 0 saturated carbocycles. The number of hydrogen-bond donors (Lipinski definition) is 1. The van der Waals surface area contributed by atoms with Crippen LogP contribution in [0.5, 0.6) is 0 Å². The summed E-state index contributed by atoms with van der Waals surface area (Å²) in [6, 6.07) is 3.87. The quantitative estimate of drug-likeness (QED) is 0.660. The highest BCUT2D eigenvalue weighted by Gasteiger charge is 2.07. The Morgan fingerprint density at radius 3 is 2.88 bits per heavy atom. The third kappa shape index (κ3) is 1.22. The molecule has 0 radical (unpaired) electrons. The number of rotatable bonds is 1. The predicted molar refractivity (Wildman–Crippen MR) is 60.6 cm³/mol. The van der Waals surface area contributed by atoms with Crippen LogP contribution in [-0.4, -0.2) is 19.4 Å². The molecule has 0 aliphatic rings. The van der Waals surface area contributed by atoms with E-state index in [9.17, 15) is 0 Å². The van der Waals surface area contributed by atoms with Gasteiger partial charge >= 0.3 is 0 Å². The molecule has 0 saturated heterocycles. The van der Waals surface area contributed by atoms with E-state index in [4.69, 9.17) is 5.73 Å². The van der Waals surface area contributed by atoms with Crippen molar-refractivity contribution in [1.29, 1.82) is 0 Å². The van der Waals surface area contributed by atoms with Crippen LogP contribution in [0, 0.1) is 0 Å². The van der Waals surface area contributed by atoms with Gasteiger partial charge in [-0.15, -0.1) is 0 Å². The SMILES string of the molecule is Nc1ncc(-c2cccnc2)c2cncn12. The summed E-state index contributed by atoms with van der Waals surface area (Å²) in [4.78, 5) is 12.3. The lowest BCUT2D eigenvalue weighted by Gasteiger charge is -2.04. The van der Waals surface area contributed by atoms with Crippen LogP contribution >= 0.6 is 0 Å². The molecule has 0 fully saturated rings. The molecular weight excluding hydrogens is 202 g/mol. The molecule has 0 spiro atoms. The van der Waals surface area contributed by atoms with E-state index in [0.717, 1.165) is 16.6 Å². The Balaban J connectivity index is 2.33. The maximum Gasteiger partial charge on any atom is 0.206 e. The summed E-state index contributed by atoms with van der Waals surface area (Å²) in [5.41, 5.74) is 8.65. The number of nitrogen functional groups attached to an aromatic ring is 1. The van der Waals surface area contributed by atoms with Crippen molar-refractivity contribution in [2.75, 3.05) is 5.73 Å². The van der Waals surface area contributed by atoms with Crippen LogP contribution < -0.4 is 5.73 Å². The molecule has 16 heavy (non-hydrogen) atoms. The van der Waals surface area contributed by atoms with E-state index in [1.807, 2.05) is 12.1 Å². The van der Waals surface area contributed by atoms with E-state index in [2.05, 4.69) is 15.0 Å². The molecule has 0 atom stereocenters. The minimum absolute atomic E-state index is 0.431. The molecule has 0 unspecified atom stereocenters. The van der Waals surface area contributed by atoms with E-state index in [1.165, 1.54) is 0 Å². The van der Waals surface area contributed by atoms with Crippen LogP contribution in [0.4, 0.5) is 5.95 Å². The third-order valence-electron chi connectivity index (χ3n) is 2.46. The number of hydrogen-bond acceptors (Lipinski definition) is 4. The van der Waals surface area contributed by atoms with Crippen molar-refractivity contribution in [3.8, 4) is 11.1 Å². The Hall–Kier alpha value is -2.43. The van der Waals surface area contributed by atoms with Crippen LogP contribution in [0.3, 0.4) is 0 Å². The van der Waals surface area contributed by atoms with E-state index >= 15 is 0 Å². The molecule has 0 bridgehead atoms. The second-order valence-electron chi connectivity index (χ2n) is 3.42. The summed E-state index contributed by atoms with van der Waals surface area (Å²) in [6.45, 7) is 0. The largest absolute Gasteiger partial charge is 0.369 e. The van der Waals surface area contributed by atoms with Crippen LogP contribution in [0.2, 0.25) is 0 Å². The normalized spacial score (nSPS) is 10.8.